The van der Waals surface area contributed by atoms with Gasteiger partial charge in [-0.25, -0.2) is 15.0 Å². The minimum absolute atomic E-state index is 0.0314. The molecule has 0 amide bonds. The van der Waals surface area contributed by atoms with Crippen LogP contribution in [0.2, 0.25) is 0 Å². The molecule has 2 N–H and O–H groups in total. The summed E-state index contributed by atoms with van der Waals surface area (Å²) in [5.41, 5.74) is 1.25. The van der Waals surface area contributed by atoms with Crippen LogP contribution in [-0.2, 0) is 4.74 Å². The first-order valence-corrected chi connectivity index (χ1v) is 9.66. The van der Waals surface area contributed by atoms with Gasteiger partial charge in [0.15, 0.2) is 11.6 Å². The van der Waals surface area contributed by atoms with Crippen LogP contribution < -0.4 is 9.47 Å². The molecule has 0 aliphatic rings. The van der Waals surface area contributed by atoms with Crippen molar-refractivity contribution < 1.29 is 24.4 Å². The van der Waals surface area contributed by atoms with E-state index in [9.17, 15) is 10.2 Å². The molecule has 0 saturated heterocycles. The van der Waals surface area contributed by atoms with Crippen LogP contribution >= 0.6 is 0 Å². The van der Waals surface area contributed by atoms with Crippen molar-refractivity contribution in [2.45, 2.75) is 19.4 Å². The van der Waals surface area contributed by atoms with E-state index in [1.807, 2.05) is 31.2 Å². The molecule has 30 heavy (non-hydrogen) atoms. The molecule has 0 radical (unpaired) electrons. The summed E-state index contributed by atoms with van der Waals surface area (Å²) >= 11 is 0. The molecule has 0 spiro atoms. The van der Waals surface area contributed by atoms with E-state index >= 15 is 0 Å². The minimum Gasteiger partial charge on any atom is -0.507 e. The van der Waals surface area contributed by atoms with Gasteiger partial charge in [-0.2, -0.15) is 0 Å². The van der Waals surface area contributed by atoms with E-state index < -0.39 is 6.10 Å². The molecule has 0 bridgehead atoms. The maximum atomic E-state index is 10.4. The number of aliphatic hydroxyl groups excluding tert-OH is 1. The van der Waals surface area contributed by atoms with Gasteiger partial charge in [0, 0.05) is 18.2 Å². The number of methoxy groups -OCH3 is 1. The lowest BCUT2D eigenvalue weighted by Crippen LogP contribution is -2.23. The Morgan fingerprint density at radius 1 is 0.967 bits per heavy atom. The smallest absolute Gasteiger partial charge is 0.167 e. The van der Waals surface area contributed by atoms with Crippen molar-refractivity contribution in [2.75, 3.05) is 26.9 Å². The Kier molecular flexibility index (Phi) is 7.53. The Morgan fingerprint density at radius 2 is 1.70 bits per heavy atom. The lowest BCUT2D eigenvalue weighted by atomic mass is 10.1. The highest BCUT2D eigenvalue weighted by Gasteiger charge is 2.12. The second-order valence-electron chi connectivity index (χ2n) is 6.58. The molecule has 1 unspecified atom stereocenters. The topological polar surface area (TPSA) is 107 Å². The summed E-state index contributed by atoms with van der Waals surface area (Å²) < 4.78 is 16.0. The van der Waals surface area contributed by atoms with Gasteiger partial charge in [-0.15, -0.1) is 0 Å². The molecule has 8 heteroatoms. The molecular formula is C22H25N3O5. The number of aromatic nitrogens is 3. The number of rotatable bonds is 10. The Morgan fingerprint density at radius 3 is 2.40 bits per heavy atom. The number of hydrogen-bond donors (Lipinski definition) is 2. The van der Waals surface area contributed by atoms with Crippen molar-refractivity contribution in [3.63, 3.8) is 0 Å². The van der Waals surface area contributed by atoms with E-state index in [0.29, 0.717) is 29.6 Å². The molecule has 1 aromatic heterocycles. The highest BCUT2D eigenvalue weighted by molar-refractivity contribution is 5.67. The van der Waals surface area contributed by atoms with Crippen LogP contribution in [-0.4, -0.2) is 58.2 Å². The van der Waals surface area contributed by atoms with Crippen molar-refractivity contribution in [3.8, 4) is 40.0 Å². The largest absolute Gasteiger partial charge is 0.507 e. The van der Waals surface area contributed by atoms with E-state index in [-0.39, 0.29) is 19.0 Å². The SMILES string of the molecule is CCCOCC(O)COc1ccc(-c2ncnc(-c3ccc(OC)cc3)n2)c(O)c1. The molecule has 1 heterocycles. The Bertz CT molecular complexity index is 950. The van der Waals surface area contributed by atoms with Crippen LogP contribution in [0.3, 0.4) is 0 Å². The zero-order valence-corrected chi connectivity index (χ0v) is 17.0. The molecule has 3 rings (SSSR count). The van der Waals surface area contributed by atoms with E-state index in [0.717, 1.165) is 17.7 Å². The average Bonchev–Trinajstić information content (AvgIpc) is 2.78. The normalized spacial score (nSPS) is 11.8. The Hall–Kier alpha value is -3.23. The molecule has 2 aromatic carbocycles. The fourth-order valence-corrected chi connectivity index (χ4v) is 2.70. The minimum atomic E-state index is -0.742. The summed E-state index contributed by atoms with van der Waals surface area (Å²) in [5, 5.41) is 20.3. The first-order chi connectivity index (χ1) is 14.6. The number of phenolic OH excluding ortho intramolecular Hbond substituents is 1. The first kappa shape index (κ1) is 21.5. The predicted molar refractivity (Wildman–Crippen MR) is 112 cm³/mol. The number of hydrogen-bond acceptors (Lipinski definition) is 8. The summed E-state index contributed by atoms with van der Waals surface area (Å²) in [7, 11) is 1.60. The third-order valence-electron chi connectivity index (χ3n) is 4.23. The van der Waals surface area contributed by atoms with E-state index in [1.165, 1.54) is 12.4 Å². The Balaban J connectivity index is 1.70. The Labute approximate surface area is 175 Å². The lowest BCUT2D eigenvalue weighted by Gasteiger charge is -2.13. The zero-order chi connectivity index (χ0) is 21.3. The molecule has 158 valence electrons. The summed E-state index contributed by atoms with van der Waals surface area (Å²) in [6.45, 7) is 2.86. The van der Waals surface area contributed by atoms with Gasteiger partial charge < -0.3 is 24.4 Å². The van der Waals surface area contributed by atoms with Crippen LogP contribution in [0.15, 0.2) is 48.8 Å². The van der Waals surface area contributed by atoms with E-state index in [4.69, 9.17) is 14.2 Å². The van der Waals surface area contributed by atoms with Gasteiger partial charge in [-0.05, 0) is 42.8 Å². The number of ether oxygens (including phenoxy) is 3. The van der Waals surface area contributed by atoms with Gasteiger partial charge in [-0.3, -0.25) is 0 Å². The number of nitrogens with zero attached hydrogens (tertiary/aromatic N) is 3. The van der Waals surface area contributed by atoms with Crippen molar-refractivity contribution >= 4 is 0 Å². The molecule has 8 nitrogen and oxygen atoms in total. The maximum absolute atomic E-state index is 10.4. The lowest BCUT2D eigenvalue weighted by molar-refractivity contribution is 0.0123. The van der Waals surface area contributed by atoms with Crippen LogP contribution in [0.5, 0.6) is 17.2 Å². The van der Waals surface area contributed by atoms with Crippen molar-refractivity contribution in [3.05, 3.63) is 48.8 Å². The van der Waals surface area contributed by atoms with Crippen LogP contribution in [0, 0.1) is 0 Å². The van der Waals surface area contributed by atoms with Gasteiger partial charge in [0.2, 0.25) is 0 Å². The van der Waals surface area contributed by atoms with Gasteiger partial charge in [0.1, 0.15) is 36.3 Å². The van der Waals surface area contributed by atoms with Crippen molar-refractivity contribution in [1.29, 1.82) is 0 Å². The number of aliphatic hydroxyl groups is 1. The predicted octanol–water partition coefficient (Wildman–Crippen LogP) is 3.09. The van der Waals surface area contributed by atoms with Crippen molar-refractivity contribution in [2.24, 2.45) is 0 Å². The summed E-state index contributed by atoms with van der Waals surface area (Å²) in [6.07, 6.45) is 1.55. The highest BCUT2D eigenvalue weighted by atomic mass is 16.5. The standard InChI is InChI=1S/C22H25N3O5/c1-3-10-29-12-16(26)13-30-18-8-9-19(20(27)11-18)22-24-14-23-21(25-22)15-4-6-17(28-2)7-5-15/h4-9,11,14,16,26-27H,3,10,12-13H2,1-2H3. The third kappa shape index (κ3) is 5.65. The fourth-order valence-electron chi connectivity index (χ4n) is 2.70. The van der Waals surface area contributed by atoms with E-state index in [1.54, 1.807) is 19.2 Å². The average molecular weight is 411 g/mol. The summed E-state index contributed by atoms with van der Waals surface area (Å²) in [5.74, 6) is 1.96. The zero-order valence-electron chi connectivity index (χ0n) is 17.0. The number of phenols is 1. The quantitative estimate of drug-likeness (QED) is 0.490. The molecule has 1 atom stereocenters. The van der Waals surface area contributed by atoms with E-state index in [2.05, 4.69) is 15.0 Å². The molecule has 0 saturated carbocycles. The summed E-state index contributed by atoms with van der Waals surface area (Å²) in [4.78, 5) is 12.8. The van der Waals surface area contributed by atoms with Gasteiger partial charge in [0.05, 0.1) is 19.3 Å². The van der Waals surface area contributed by atoms with Crippen LogP contribution in [0.4, 0.5) is 0 Å². The first-order valence-electron chi connectivity index (χ1n) is 9.66. The fraction of sp³-hybridized carbons (Fsp3) is 0.318. The molecule has 0 fully saturated rings. The second kappa shape index (κ2) is 10.5. The molecular weight excluding hydrogens is 386 g/mol. The number of aromatic hydroxyl groups is 1. The second-order valence-corrected chi connectivity index (χ2v) is 6.58. The maximum Gasteiger partial charge on any atom is 0.167 e. The van der Waals surface area contributed by atoms with Crippen LogP contribution in [0.25, 0.3) is 22.8 Å². The molecule has 3 aromatic rings. The molecule has 0 aliphatic carbocycles. The van der Waals surface area contributed by atoms with Gasteiger partial charge >= 0.3 is 0 Å². The molecule has 0 aliphatic heterocycles. The summed E-state index contributed by atoms with van der Waals surface area (Å²) in [6, 6.07) is 12.2. The van der Waals surface area contributed by atoms with Crippen LogP contribution in [0.1, 0.15) is 13.3 Å². The van der Waals surface area contributed by atoms with Crippen molar-refractivity contribution in [1.82, 2.24) is 15.0 Å². The third-order valence-corrected chi connectivity index (χ3v) is 4.23. The highest BCUT2D eigenvalue weighted by Crippen LogP contribution is 2.31. The van der Waals surface area contributed by atoms with Gasteiger partial charge in [-0.1, -0.05) is 6.92 Å². The number of benzene rings is 2. The monoisotopic (exact) mass is 411 g/mol. The van der Waals surface area contributed by atoms with Gasteiger partial charge in [0.25, 0.3) is 0 Å².